The average Bonchev–Trinajstić information content (AvgIpc) is 3.10. The van der Waals surface area contributed by atoms with E-state index < -0.39 is 5.60 Å². The number of fused-ring (bicyclic) bond motifs is 1. The average molecular weight is 482 g/mol. The van der Waals surface area contributed by atoms with Gasteiger partial charge in [-0.05, 0) is 94.7 Å². The van der Waals surface area contributed by atoms with Crippen LogP contribution in [0.4, 0.5) is 4.79 Å². The quantitative estimate of drug-likeness (QED) is 0.465. The molecule has 3 rings (SSSR count). The molecule has 1 aliphatic heterocycles. The molecule has 1 unspecified atom stereocenters. The van der Waals surface area contributed by atoms with Crippen molar-refractivity contribution in [1.82, 2.24) is 9.47 Å². The first-order valence-corrected chi connectivity index (χ1v) is 10.8. The minimum atomic E-state index is -0.452. The van der Waals surface area contributed by atoms with Gasteiger partial charge in [0.15, 0.2) is 0 Å². The lowest BCUT2D eigenvalue weighted by Crippen LogP contribution is -2.35. The molecular formula is C22H31IN2O2. The van der Waals surface area contributed by atoms with Crippen molar-refractivity contribution >= 4 is 39.6 Å². The maximum absolute atomic E-state index is 12.4. The molecule has 1 saturated heterocycles. The smallest absolute Gasteiger partial charge is 0.410 e. The summed E-state index contributed by atoms with van der Waals surface area (Å²) in [5, 5.41) is 1.32. The zero-order valence-corrected chi connectivity index (χ0v) is 19.7. The minimum absolute atomic E-state index is 0.0277. The highest BCUT2D eigenvalue weighted by molar-refractivity contribution is 14.1. The molecule has 5 heteroatoms. The molecule has 1 aromatic heterocycles. The molecule has 0 saturated carbocycles. The SMILES string of the molecule is Cc1ccc(C2CCN(C(=O)OC(C)(C)C)C2)c2cc(I)n(C(C)(C)C)c12. The van der Waals surface area contributed by atoms with Crippen molar-refractivity contribution in [2.75, 3.05) is 13.1 Å². The minimum Gasteiger partial charge on any atom is -0.444 e. The zero-order valence-electron chi connectivity index (χ0n) is 17.5. The number of likely N-dealkylation sites (tertiary alicyclic amines) is 1. The Morgan fingerprint density at radius 2 is 1.85 bits per heavy atom. The number of hydrogen-bond donors (Lipinski definition) is 0. The molecule has 1 amide bonds. The standard InChI is InChI=1S/C22H31IN2O2/c1-14-8-9-16(17-12-18(23)25(19(14)17)21(2,3)4)15-10-11-24(13-15)20(26)27-22(5,6)7/h8-9,12,15H,10-11,13H2,1-7H3. The predicted octanol–water partition coefficient (Wildman–Crippen LogP) is 6.03. The molecule has 27 heavy (non-hydrogen) atoms. The number of rotatable bonds is 1. The summed E-state index contributed by atoms with van der Waals surface area (Å²) in [6, 6.07) is 6.79. The van der Waals surface area contributed by atoms with E-state index in [4.69, 9.17) is 4.74 Å². The van der Waals surface area contributed by atoms with Crippen molar-refractivity contribution in [3.8, 4) is 0 Å². The van der Waals surface area contributed by atoms with Crippen molar-refractivity contribution in [2.45, 2.75) is 71.9 Å². The van der Waals surface area contributed by atoms with Gasteiger partial charge >= 0.3 is 6.09 Å². The lowest BCUT2D eigenvalue weighted by Gasteiger charge is -2.26. The largest absolute Gasteiger partial charge is 0.444 e. The summed E-state index contributed by atoms with van der Waals surface area (Å²) >= 11 is 2.44. The van der Waals surface area contributed by atoms with Crippen LogP contribution < -0.4 is 0 Å². The number of amides is 1. The third kappa shape index (κ3) is 4.13. The van der Waals surface area contributed by atoms with Gasteiger partial charge in [-0.3, -0.25) is 0 Å². The third-order valence-electron chi connectivity index (χ3n) is 5.10. The molecule has 0 radical (unpaired) electrons. The number of carbonyl (C=O) groups is 1. The van der Waals surface area contributed by atoms with Gasteiger partial charge in [0.05, 0.1) is 9.22 Å². The van der Waals surface area contributed by atoms with Gasteiger partial charge in [0.25, 0.3) is 0 Å². The maximum atomic E-state index is 12.4. The van der Waals surface area contributed by atoms with Crippen LogP contribution in [0.1, 0.15) is 65.0 Å². The van der Waals surface area contributed by atoms with Crippen molar-refractivity contribution in [1.29, 1.82) is 0 Å². The molecule has 0 aliphatic carbocycles. The van der Waals surface area contributed by atoms with Gasteiger partial charge in [-0.2, -0.15) is 0 Å². The molecule has 0 N–H and O–H groups in total. The van der Waals surface area contributed by atoms with E-state index in [0.29, 0.717) is 5.92 Å². The van der Waals surface area contributed by atoms with E-state index in [0.717, 1.165) is 19.5 Å². The monoisotopic (exact) mass is 482 g/mol. The lowest BCUT2D eigenvalue weighted by molar-refractivity contribution is 0.0292. The summed E-state index contributed by atoms with van der Waals surface area (Å²) in [6.07, 6.45) is 0.782. The number of nitrogens with zero attached hydrogens (tertiary/aromatic N) is 2. The van der Waals surface area contributed by atoms with Crippen molar-refractivity contribution in [2.24, 2.45) is 0 Å². The van der Waals surface area contributed by atoms with Gasteiger partial charge < -0.3 is 14.2 Å². The first kappa shape index (κ1) is 20.5. The molecule has 0 spiro atoms. The Bertz CT molecular complexity index is 871. The van der Waals surface area contributed by atoms with Crippen LogP contribution in [0.25, 0.3) is 10.9 Å². The van der Waals surface area contributed by atoms with Crippen molar-refractivity contribution in [3.63, 3.8) is 0 Å². The topological polar surface area (TPSA) is 34.5 Å². The Hall–Kier alpha value is -1.24. The van der Waals surface area contributed by atoms with Crippen LogP contribution in [-0.4, -0.2) is 34.3 Å². The van der Waals surface area contributed by atoms with Gasteiger partial charge in [-0.1, -0.05) is 12.1 Å². The number of benzene rings is 1. The fourth-order valence-corrected chi connectivity index (χ4v) is 5.27. The molecule has 2 heterocycles. The van der Waals surface area contributed by atoms with E-state index in [1.54, 1.807) is 0 Å². The van der Waals surface area contributed by atoms with E-state index in [1.807, 2.05) is 25.7 Å². The first-order chi connectivity index (χ1) is 12.4. The van der Waals surface area contributed by atoms with E-state index in [2.05, 4.69) is 73.1 Å². The lowest BCUT2D eigenvalue weighted by atomic mass is 9.93. The summed E-state index contributed by atoms with van der Waals surface area (Å²) in [5.41, 5.74) is 3.54. The molecule has 1 aromatic carbocycles. The van der Waals surface area contributed by atoms with Crippen molar-refractivity contribution < 1.29 is 9.53 Å². The molecule has 148 valence electrons. The molecular weight excluding hydrogens is 451 g/mol. The summed E-state index contributed by atoms with van der Waals surface area (Å²) in [7, 11) is 0. The van der Waals surface area contributed by atoms with E-state index >= 15 is 0 Å². The summed E-state index contributed by atoms with van der Waals surface area (Å²) in [4.78, 5) is 14.3. The van der Waals surface area contributed by atoms with E-state index in [-0.39, 0.29) is 11.6 Å². The van der Waals surface area contributed by atoms with Gasteiger partial charge in [-0.25, -0.2) is 4.79 Å². The second kappa shape index (κ2) is 6.98. The van der Waals surface area contributed by atoms with Gasteiger partial charge in [0.2, 0.25) is 0 Å². The number of aryl methyl sites for hydroxylation is 1. The Morgan fingerprint density at radius 1 is 1.19 bits per heavy atom. The Kier molecular flexibility index (Phi) is 5.30. The van der Waals surface area contributed by atoms with Crippen LogP contribution in [0.5, 0.6) is 0 Å². The Labute approximate surface area is 176 Å². The van der Waals surface area contributed by atoms with Gasteiger partial charge in [-0.15, -0.1) is 0 Å². The highest BCUT2D eigenvalue weighted by Gasteiger charge is 2.32. The zero-order chi connectivity index (χ0) is 20.1. The third-order valence-corrected chi connectivity index (χ3v) is 5.90. The van der Waals surface area contributed by atoms with Crippen LogP contribution in [0, 0.1) is 10.6 Å². The first-order valence-electron chi connectivity index (χ1n) is 9.67. The number of halogens is 1. The predicted molar refractivity (Wildman–Crippen MR) is 120 cm³/mol. The van der Waals surface area contributed by atoms with Crippen LogP contribution in [0.3, 0.4) is 0 Å². The second-order valence-corrected chi connectivity index (χ2v) is 10.7. The highest BCUT2D eigenvalue weighted by atomic mass is 127. The van der Waals surface area contributed by atoms with Crippen LogP contribution in [0.15, 0.2) is 18.2 Å². The second-order valence-electron chi connectivity index (χ2n) is 9.62. The Morgan fingerprint density at radius 3 is 2.44 bits per heavy atom. The normalized spacial score (nSPS) is 18.4. The number of ether oxygens (including phenoxy) is 1. The van der Waals surface area contributed by atoms with Crippen LogP contribution in [0.2, 0.25) is 0 Å². The van der Waals surface area contributed by atoms with Gasteiger partial charge in [0, 0.05) is 29.9 Å². The van der Waals surface area contributed by atoms with E-state index in [9.17, 15) is 4.79 Å². The summed E-state index contributed by atoms with van der Waals surface area (Å²) < 4.78 is 9.25. The molecule has 1 fully saturated rings. The number of carbonyl (C=O) groups excluding carboxylic acids is 1. The van der Waals surface area contributed by atoms with Crippen molar-refractivity contribution in [3.05, 3.63) is 33.0 Å². The molecule has 1 aliphatic rings. The number of aromatic nitrogens is 1. The van der Waals surface area contributed by atoms with Crippen LogP contribution in [-0.2, 0) is 10.3 Å². The molecule has 0 bridgehead atoms. The highest BCUT2D eigenvalue weighted by Crippen LogP contribution is 2.38. The van der Waals surface area contributed by atoms with E-state index in [1.165, 1.54) is 25.7 Å². The molecule has 1 atom stereocenters. The fourth-order valence-electron chi connectivity index (χ4n) is 3.99. The number of hydrogen-bond acceptors (Lipinski definition) is 2. The molecule has 4 nitrogen and oxygen atoms in total. The fraction of sp³-hybridized carbons (Fsp3) is 0.591. The Balaban J connectivity index is 1.95. The van der Waals surface area contributed by atoms with Crippen LogP contribution >= 0.6 is 22.6 Å². The molecule has 2 aromatic rings. The van der Waals surface area contributed by atoms with Gasteiger partial charge in [0.1, 0.15) is 5.60 Å². The maximum Gasteiger partial charge on any atom is 0.410 e. The summed E-state index contributed by atoms with van der Waals surface area (Å²) in [5.74, 6) is 0.354. The summed E-state index contributed by atoms with van der Waals surface area (Å²) in [6.45, 7) is 16.2.